The van der Waals surface area contributed by atoms with Gasteiger partial charge in [-0.2, -0.15) is 0 Å². The average Bonchev–Trinajstić information content (AvgIpc) is 2.97. The van der Waals surface area contributed by atoms with Crippen molar-refractivity contribution in [3.63, 3.8) is 0 Å². The van der Waals surface area contributed by atoms with Gasteiger partial charge < -0.3 is 10.1 Å². The van der Waals surface area contributed by atoms with E-state index in [2.05, 4.69) is 77.8 Å². The molecule has 0 fully saturated rings. The maximum absolute atomic E-state index is 11.9. The summed E-state index contributed by atoms with van der Waals surface area (Å²) in [5, 5.41) is 3.42. The SMILES string of the molecule is COC(=O)C(CC#Cc1ccccc1)CCc1ccccc1.c1ccc(CNCc2ccccc2)cc1. The summed E-state index contributed by atoms with van der Waals surface area (Å²) in [6, 6.07) is 40.9. The van der Waals surface area contributed by atoms with E-state index in [1.165, 1.54) is 23.8 Å². The summed E-state index contributed by atoms with van der Waals surface area (Å²) < 4.78 is 4.90. The van der Waals surface area contributed by atoms with E-state index < -0.39 is 0 Å². The van der Waals surface area contributed by atoms with Gasteiger partial charge in [-0.3, -0.25) is 4.79 Å². The molecule has 0 heterocycles. The smallest absolute Gasteiger partial charge is 0.309 e. The van der Waals surface area contributed by atoms with Crippen molar-refractivity contribution in [2.75, 3.05) is 7.11 Å². The lowest BCUT2D eigenvalue weighted by molar-refractivity contribution is -0.145. The Bertz CT molecular complexity index is 1170. The average molecular weight is 490 g/mol. The molecule has 0 aliphatic rings. The first kappa shape index (κ1) is 27.5. The van der Waals surface area contributed by atoms with E-state index in [-0.39, 0.29) is 11.9 Å². The molecule has 0 bridgehead atoms. The molecule has 0 amide bonds. The monoisotopic (exact) mass is 489 g/mol. The molecule has 3 heteroatoms. The normalized spacial score (nSPS) is 10.7. The van der Waals surface area contributed by atoms with Gasteiger partial charge in [0.2, 0.25) is 0 Å². The molecule has 4 aromatic rings. The lowest BCUT2D eigenvalue weighted by Crippen LogP contribution is -2.16. The third-order valence-corrected chi connectivity index (χ3v) is 5.86. The largest absolute Gasteiger partial charge is 0.469 e. The van der Waals surface area contributed by atoms with Gasteiger partial charge >= 0.3 is 5.97 Å². The van der Waals surface area contributed by atoms with Crippen molar-refractivity contribution in [1.82, 2.24) is 5.32 Å². The quantitative estimate of drug-likeness (QED) is 0.207. The van der Waals surface area contributed by atoms with Crippen LogP contribution in [0.15, 0.2) is 121 Å². The maximum Gasteiger partial charge on any atom is 0.309 e. The van der Waals surface area contributed by atoms with Crippen molar-refractivity contribution in [1.29, 1.82) is 0 Å². The van der Waals surface area contributed by atoms with E-state index >= 15 is 0 Å². The molecule has 0 saturated carbocycles. The van der Waals surface area contributed by atoms with E-state index in [0.717, 1.165) is 31.5 Å². The van der Waals surface area contributed by atoms with Crippen molar-refractivity contribution in [3.05, 3.63) is 144 Å². The lowest BCUT2D eigenvalue weighted by atomic mass is 9.96. The highest BCUT2D eigenvalue weighted by molar-refractivity contribution is 5.72. The molecule has 0 aromatic heterocycles. The molecule has 0 radical (unpaired) electrons. The van der Waals surface area contributed by atoms with Crippen LogP contribution in [0.1, 0.15) is 35.1 Å². The Kier molecular flexibility index (Phi) is 12.3. The highest BCUT2D eigenvalue weighted by Crippen LogP contribution is 2.15. The summed E-state index contributed by atoms with van der Waals surface area (Å²) in [6.07, 6.45) is 2.13. The predicted octanol–water partition coefficient (Wildman–Crippen LogP) is 6.83. The van der Waals surface area contributed by atoms with Crippen LogP contribution in [0.5, 0.6) is 0 Å². The Hall–Kier alpha value is -4.13. The molecular formula is C34H35NO2. The van der Waals surface area contributed by atoms with Gasteiger partial charge in [0.1, 0.15) is 0 Å². The Labute approximate surface area is 221 Å². The lowest BCUT2D eigenvalue weighted by Gasteiger charge is -2.11. The second-order valence-corrected chi connectivity index (χ2v) is 8.69. The number of rotatable bonds is 9. The van der Waals surface area contributed by atoms with Crippen LogP contribution < -0.4 is 5.32 Å². The number of carbonyl (C=O) groups excluding carboxylic acids is 1. The van der Waals surface area contributed by atoms with E-state index in [4.69, 9.17) is 4.74 Å². The molecule has 1 atom stereocenters. The fourth-order valence-electron chi connectivity index (χ4n) is 3.80. The zero-order valence-corrected chi connectivity index (χ0v) is 21.5. The van der Waals surface area contributed by atoms with Gasteiger partial charge in [0.05, 0.1) is 13.0 Å². The summed E-state index contributed by atoms with van der Waals surface area (Å²) in [4.78, 5) is 11.9. The van der Waals surface area contributed by atoms with Crippen molar-refractivity contribution >= 4 is 5.97 Å². The highest BCUT2D eigenvalue weighted by Gasteiger charge is 2.17. The molecule has 0 aliphatic carbocycles. The topological polar surface area (TPSA) is 38.3 Å². The van der Waals surface area contributed by atoms with E-state index in [0.29, 0.717) is 6.42 Å². The molecule has 4 aromatic carbocycles. The first-order valence-corrected chi connectivity index (χ1v) is 12.7. The van der Waals surface area contributed by atoms with Gasteiger partial charge in [-0.15, -0.1) is 0 Å². The molecule has 188 valence electrons. The van der Waals surface area contributed by atoms with E-state index in [9.17, 15) is 4.79 Å². The zero-order valence-electron chi connectivity index (χ0n) is 21.5. The molecule has 4 rings (SSSR count). The minimum atomic E-state index is -0.182. The van der Waals surface area contributed by atoms with Crippen LogP contribution in [0.25, 0.3) is 0 Å². The van der Waals surface area contributed by atoms with Crippen molar-refractivity contribution in [2.45, 2.75) is 32.4 Å². The molecular weight excluding hydrogens is 454 g/mol. The first-order valence-electron chi connectivity index (χ1n) is 12.7. The zero-order chi connectivity index (χ0) is 26.0. The summed E-state index contributed by atoms with van der Waals surface area (Å²) >= 11 is 0. The number of carbonyl (C=O) groups is 1. The summed E-state index contributed by atoms with van der Waals surface area (Å²) in [5.74, 6) is 5.84. The third-order valence-electron chi connectivity index (χ3n) is 5.86. The molecule has 37 heavy (non-hydrogen) atoms. The number of methoxy groups -OCH3 is 1. The number of hydrogen-bond acceptors (Lipinski definition) is 3. The van der Waals surface area contributed by atoms with Gasteiger partial charge in [0, 0.05) is 25.1 Å². The van der Waals surface area contributed by atoms with E-state index in [1.54, 1.807) is 0 Å². The number of aryl methyl sites for hydroxylation is 1. The fourth-order valence-corrected chi connectivity index (χ4v) is 3.80. The number of ether oxygens (including phenoxy) is 1. The van der Waals surface area contributed by atoms with Crippen LogP contribution in [-0.4, -0.2) is 13.1 Å². The maximum atomic E-state index is 11.9. The van der Waals surface area contributed by atoms with Crippen LogP contribution in [0.2, 0.25) is 0 Å². The minimum Gasteiger partial charge on any atom is -0.469 e. The number of nitrogens with one attached hydrogen (secondary N) is 1. The minimum absolute atomic E-state index is 0.179. The van der Waals surface area contributed by atoms with Gasteiger partial charge in [-0.25, -0.2) is 0 Å². The molecule has 1 N–H and O–H groups in total. The fraction of sp³-hybridized carbons (Fsp3) is 0.206. The van der Waals surface area contributed by atoms with Crippen LogP contribution in [-0.2, 0) is 29.0 Å². The molecule has 0 spiro atoms. The second-order valence-electron chi connectivity index (χ2n) is 8.69. The van der Waals surface area contributed by atoms with Crippen molar-refractivity contribution in [2.24, 2.45) is 5.92 Å². The van der Waals surface area contributed by atoms with Crippen LogP contribution in [0, 0.1) is 17.8 Å². The number of benzene rings is 4. The van der Waals surface area contributed by atoms with Crippen molar-refractivity contribution in [3.8, 4) is 11.8 Å². The third kappa shape index (κ3) is 11.0. The predicted molar refractivity (Wildman–Crippen MR) is 152 cm³/mol. The van der Waals surface area contributed by atoms with Gasteiger partial charge in [0.15, 0.2) is 0 Å². The Balaban J connectivity index is 0.000000220. The first-order chi connectivity index (χ1) is 18.2. The summed E-state index contributed by atoms with van der Waals surface area (Å²) in [6.45, 7) is 1.85. The number of hydrogen-bond donors (Lipinski definition) is 1. The van der Waals surface area contributed by atoms with Crippen molar-refractivity contribution < 1.29 is 9.53 Å². The Morgan fingerprint density at radius 2 is 1.16 bits per heavy atom. The van der Waals surface area contributed by atoms with Gasteiger partial charge in [-0.1, -0.05) is 121 Å². The summed E-state index contributed by atoms with van der Waals surface area (Å²) in [7, 11) is 1.43. The Morgan fingerprint density at radius 1 is 0.703 bits per heavy atom. The molecule has 0 aliphatic heterocycles. The van der Waals surface area contributed by atoms with Crippen LogP contribution in [0.3, 0.4) is 0 Å². The molecule has 1 unspecified atom stereocenters. The number of esters is 1. The molecule has 3 nitrogen and oxygen atoms in total. The Morgan fingerprint density at radius 3 is 1.65 bits per heavy atom. The standard InChI is InChI=1S/C20H20O2.C14H15N/c1-22-20(21)19(16-15-18-11-6-3-7-12-18)14-8-13-17-9-4-2-5-10-17;1-3-7-13(8-4-1)11-15-12-14-9-5-2-6-10-14/h2-7,9-12,19H,14-16H2,1H3;1-10,15H,11-12H2. The second kappa shape index (κ2) is 16.5. The van der Waals surface area contributed by atoms with Crippen LogP contribution >= 0.6 is 0 Å². The van der Waals surface area contributed by atoms with E-state index in [1.807, 2.05) is 60.7 Å². The van der Waals surface area contributed by atoms with Gasteiger partial charge in [-0.05, 0) is 41.7 Å². The highest BCUT2D eigenvalue weighted by atomic mass is 16.5. The van der Waals surface area contributed by atoms with Gasteiger partial charge in [0.25, 0.3) is 0 Å². The summed E-state index contributed by atoms with van der Waals surface area (Å²) in [5.41, 5.74) is 4.85. The molecule has 0 saturated heterocycles. The van der Waals surface area contributed by atoms with Crippen LogP contribution in [0.4, 0.5) is 0 Å².